The molecule has 2 heterocycles. The summed E-state index contributed by atoms with van der Waals surface area (Å²) in [6.45, 7) is -0.167. The quantitative estimate of drug-likeness (QED) is 0.537. The lowest BCUT2D eigenvalue weighted by Crippen LogP contribution is -2.48. The van der Waals surface area contributed by atoms with Crippen molar-refractivity contribution < 1.29 is 23.9 Å². The average molecular weight is 518 g/mol. The standard InChI is InChI=1S/C25H25Cl2N3O5/c1-35-17-6-4-16(5-7-17)28(12-29-22(31)18-8-2-14(26)10-20(18)24(29)33)13-30-23(32)19-9-3-15(27)11-21(19)25(30)34/h2-7,18-21H,8-13H2,1H3/t18-,19-,20-,21+/m1/s1. The number of benzene rings is 1. The fraction of sp³-hybridized carbons (Fsp3) is 0.440. The minimum atomic E-state index is -0.483. The Kier molecular flexibility index (Phi) is 6.36. The van der Waals surface area contributed by atoms with Crippen LogP contribution in [-0.4, -0.2) is 53.9 Å². The smallest absolute Gasteiger partial charge is 0.234 e. The molecular formula is C25H25Cl2N3O5. The number of imide groups is 2. The van der Waals surface area contributed by atoms with E-state index in [-0.39, 0.29) is 37.0 Å². The third kappa shape index (κ3) is 4.23. The number of anilines is 1. The van der Waals surface area contributed by atoms with Gasteiger partial charge in [-0.3, -0.25) is 29.0 Å². The van der Waals surface area contributed by atoms with E-state index >= 15 is 0 Å². The lowest BCUT2D eigenvalue weighted by Gasteiger charge is -2.32. The number of carbonyl (C=O) groups is 4. The second-order valence-corrected chi connectivity index (χ2v) is 10.3. The van der Waals surface area contributed by atoms with Crippen LogP contribution >= 0.6 is 23.2 Å². The normalized spacial score (nSPS) is 28.1. The van der Waals surface area contributed by atoms with E-state index in [1.807, 2.05) is 0 Å². The van der Waals surface area contributed by atoms with Crippen LogP contribution in [0.25, 0.3) is 0 Å². The molecule has 0 bridgehead atoms. The zero-order valence-electron chi connectivity index (χ0n) is 19.2. The fourth-order valence-electron chi connectivity index (χ4n) is 5.41. The monoisotopic (exact) mass is 517 g/mol. The number of amides is 4. The Labute approximate surface area is 213 Å². The van der Waals surface area contributed by atoms with Crippen molar-refractivity contribution in [1.82, 2.24) is 9.80 Å². The molecule has 2 aliphatic carbocycles. The predicted octanol–water partition coefficient (Wildman–Crippen LogP) is 3.45. The van der Waals surface area contributed by atoms with Crippen LogP contribution in [0.4, 0.5) is 5.69 Å². The van der Waals surface area contributed by atoms with Crippen LogP contribution in [0.5, 0.6) is 5.75 Å². The highest BCUT2D eigenvalue weighted by Crippen LogP contribution is 2.41. The van der Waals surface area contributed by atoms with Gasteiger partial charge in [0.15, 0.2) is 0 Å². The van der Waals surface area contributed by atoms with E-state index in [1.54, 1.807) is 48.4 Å². The molecule has 2 saturated heterocycles. The van der Waals surface area contributed by atoms with Crippen molar-refractivity contribution in [2.45, 2.75) is 25.7 Å². The molecule has 0 radical (unpaired) electrons. The van der Waals surface area contributed by atoms with Gasteiger partial charge in [0, 0.05) is 15.8 Å². The minimum Gasteiger partial charge on any atom is -0.497 e. The highest BCUT2D eigenvalue weighted by molar-refractivity contribution is 6.30. The van der Waals surface area contributed by atoms with Gasteiger partial charge < -0.3 is 9.64 Å². The Hall–Kier alpha value is -2.84. The summed E-state index contributed by atoms with van der Waals surface area (Å²) in [5, 5.41) is 1.17. The van der Waals surface area contributed by atoms with Gasteiger partial charge in [0.2, 0.25) is 23.6 Å². The SMILES string of the molecule is COc1ccc(N(CN2C(=O)[C@H]3CC(Cl)=CC[C@H]3C2=O)CN2C(=O)[C@@H]3CC=C(Cl)C[C@H]3C2=O)cc1. The van der Waals surface area contributed by atoms with Crippen molar-refractivity contribution in [2.75, 3.05) is 25.3 Å². The molecule has 0 saturated carbocycles. The second-order valence-electron chi connectivity index (χ2n) is 9.34. The number of likely N-dealkylation sites (tertiary alicyclic amines) is 2. The number of carbonyl (C=O) groups excluding carboxylic acids is 4. The van der Waals surface area contributed by atoms with E-state index in [1.165, 1.54) is 9.80 Å². The fourth-order valence-corrected chi connectivity index (χ4v) is 5.92. The predicted molar refractivity (Wildman–Crippen MR) is 129 cm³/mol. The van der Waals surface area contributed by atoms with Gasteiger partial charge in [0.05, 0.1) is 30.8 Å². The van der Waals surface area contributed by atoms with Gasteiger partial charge in [-0.15, -0.1) is 0 Å². The minimum absolute atomic E-state index is 0.0833. The van der Waals surface area contributed by atoms with E-state index in [9.17, 15) is 19.2 Å². The molecule has 4 amide bonds. The summed E-state index contributed by atoms with van der Waals surface area (Å²) in [5.74, 6) is -2.29. The van der Waals surface area contributed by atoms with Crippen LogP contribution < -0.4 is 9.64 Å². The Balaban J connectivity index is 1.41. The maximum Gasteiger partial charge on any atom is 0.234 e. The van der Waals surface area contributed by atoms with Crippen molar-refractivity contribution in [3.05, 3.63) is 46.5 Å². The highest BCUT2D eigenvalue weighted by Gasteiger charge is 2.51. The van der Waals surface area contributed by atoms with Gasteiger partial charge in [-0.25, -0.2) is 0 Å². The summed E-state index contributed by atoms with van der Waals surface area (Å²) in [4.78, 5) is 56.8. The summed E-state index contributed by atoms with van der Waals surface area (Å²) in [7, 11) is 1.55. The molecule has 10 heteroatoms. The van der Waals surface area contributed by atoms with Crippen molar-refractivity contribution in [3.8, 4) is 5.75 Å². The van der Waals surface area contributed by atoms with Crippen LogP contribution in [0.1, 0.15) is 25.7 Å². The lowest BCUT2D eigenvalue weighted by molar-refractivity contribution is -0.140. The van der Waals surface area contributed by atoms with Gasteiger partial charge in [-0.05, 0) is 49.9 Å². The van der Waals surface area contributed by atoms with E-state index in [2.05, 4.69) is 0 Å². The molecule has 2 fully saturated rings. The molecule has 2 aliphatic heterocycles. The van der Waals surface area contributed by atoms with Crippen molar-refractivity contribution >= 4 is 52.5 Å². The van der Waals surface area contributed by atoms with Crippen LogP contribution in [0, 0.1) is 23.7 Å². The number of hydrogen-bond acceptors (Lipinski definition) is 6. The van der Waals surface area contributed by atoms with Crippen LogP contribution in [0.3, 0.4) is 0 Å². The van der Waals surface area contributed by atoms with Gasteiger partial charge >= 0.3 is 0 Å². The molecule has 0 unspecified atom stereocenters. The van der Waals surface area contributed by atoms with Crippen LogP contribution in [0.2, 0.25) is 0 Å². The molecule has 1 aromatic rings. The average Bonchev–Trinajstić information content (AvgIpc) is 3.23. The third-order valence-electron chi connectivity index (χ3n) is 7.38. The number of hydrogen-bond donors (Lipinski definition) is 0. The Bertz CT molecular complexity index is 1080. The van der Waals surface area contributed by atoms with Gasteiger partial charge in [0.1, 0.15) is 19.1 Å². The maximum absolute atomic E-state index is 13.2. The topological polar surface area (TPSA) is 87.2 Å². The molecule has 0 spiro atoms. The zero-order valence-corrected chi connectivity index (χ0v) is 20.7. The molecule has 0 N–H and O–H groups in total. The number of allylic oxidation sites excluding steroid dienone is 4. The number of nitrogens with zero attached hydrogens (tertiary/aromatic N) is 3. The maximum atomic E-state index is 13.2. The largest absolute Gasteiger partial charge is 0.497 e. The molecule has 184 valence electrons. The molecule has 1 aromatic carbocycles. The molecule has 35 heavy (non-hydrogen) atoms. The molecule has 4 aliphatic rings. The molecular weight excluding hydrogens is 493 g/mol. The van der Waals surface area contributed by atoms with Crippen LogP contribution in [0.15, 0.2) is 46.5 Å². The molecule has 4 atom stereocenters. The number of fused-ring (bicyclic) bond motifs is 2. The van der Waals surface area contributed by atoms with Crippen LogP contribution in [-0.2, 0) is 19.2 Å². The van der Waals surface area contributed by atoms with E-state index < -0.39 is 23.7 Å². The summed E-state index contributed by atoms with van der Waals surface area (Å²) < 4.78 is 5.24. The van der Waals surface area contributed by atoms with E-state index in [0.717, 1.165) is 0 Å². The van der Waals surface area contributed by atoms with E-state index in [4.69, 9.17) is 27.9 Å². The second kappa shape index (κ2) is 9.32. The van der Waals surface area contributed by atoms with Crippen molar-refractivity contribution in [1.29, 1.82) is 0 Å². The zero-order chi connectivity index (χ0) is 24.9. The number of methoxy groups -OCH3 is 1. The first-order valence-corrected chi connectivity index (χ1v) is 12.3. The third-order valence-corrected chi connectivity index (χ3v) is 8.00. The van der Waals surface area contributed by atoms with Gasteiger partial charge in [-0.2, -0.15) is 0 Å². The first-order valence-electron chi connectivity index (χ1n) is 11.6. The highest BCUT2D eigenvalue weighted by atomic mass is 35.5. The summed E-state index contributed by atoms with van der Waals surface area (Å²) in [6.07, 6.45) is 5.12. The lowest BCUT2D eigenvalue weighted by atomic mass is 9.85. The number of rotatable bonds is 6. The molecule has 8 nitrogen and oxygen atoms in total. The summed E-state index contributed by atoms with van der Waals surface area (Å²) in [5.41, 5.74) is 0.643. The molecule has 5 rings (SSSR count). The first kappa shape index (κ1) is 23.9. The van der Waals surface area contributed by atoms with Gasteiger partial charge in [-0.1, -0.05) is 35.4 Å². The van der Waals surface area contributed by atoms with E-state index in [0.29, 0.717) is 47.2 Å². The Morgan fingerprint density at radius 2 is 1.20 bits per heavy atom. The number of halogens is 2. The van der Waals surface area contributed by atoms with Crippen molar-refractivity contribution in [2.24, 2.45) is 23.7 Å². The summed E-state index contributed by atoms with van der Waals surface area (Å²) in [6, 6.07) is 7.03. The number of ether oxygens (including phenoxy) is 1. The Morgan fingerprint density at radius 3 is 1.63 bits per heavy atom. The first-order chi connectivity index (χ1) is 16.8. The Morgan fingerprint density at radius 1 is 0.771 bits per heavy atom. The molecule has 0 aromatic heterocycles. The summed E-state index contributed by atoms with van der Waals surface area (Å²) >= 11 is 12.3. The van der Waals surface area contributed by atoms with Crippen molar-refractivity contribution in [3.63, 3.8) is 0 Å². The van der Waals surface area contributed by atoms with Gasteiger partial charge in [0.25, 0.3) is 0 Å².